The minimum Gasteiger partial charge on any atom is -0.379 e. The quantitative estimate of drug-likeness (QED) is 0.512. The molecule has 1 atom stereocenters. The maximum absolute atomic E-state index is 12.0. The van der Waals surface area contributed by atoms with Crippen LogP contribution >= 0.6 is 23.5 Å². The second kappa shape index (κ2) is 8.59. The Hall–Kier alpha value is -0.990. The van der Waals surface area contributed by atoms with Crippen LogP contribution in [0.5, 0.6) is 0 Å². The standard InChI is InChI=1S/C14H21N3O2S3/c1-10(15)21-9-13(22(2,18)19)12-5-3-11(4-6-12)7-8-20-14(16)17/h3-6,13,15H,7-9H2,1-2H3,(H3,16,17)/t13-/m0/s1. The van der Waals surface area contributed by atoms with E-state index in [1.807, 2.05) is 24.3 Å². The van der Waals surface area contributed by atoms with Gasteiger partial charge in [0.05, 0.1) is 10.3 Å². The first-order valence-electron chi connectivity index (χ1n) is 6.62. The van der Waals surface area contributed by atoms with Crippen LogP contribution in [0.2, 0.25) is 0 Å². The lowest BCUT2D eigenvalue weighted by Crippen LogP contribution is -2.15. The van der Waals surface area contributed by atoms with Gasteiger partial charge in [0.15, 0.2) is 15.0 Å². The molecule has 0 heterocycles. The van der Waals surface area contributed by atoms with Gasteiger partial charge in [-0.3, -0.25) is 10.8 Å². The molecule has 22 heavy (non-hydrogen) atoms. The van der Waals surface area contributed by atoms with Crippen LogP contribution in [0.4, 0.5) is 0 Å². The zero-order valence-corrected chi connectivity index (χ0v) is 15.1. The van der Waals surface area contributed by atoms with Gasteiger partial charge in [-0.25, -0.2) is 8.42 Å². The normalized spacial score (nSPS) is 12.8. The van der Waals surface area contributed by atoms with Crippen molar-refractivity contribution in [1.29, 1.82) is 10.8 Å². The molecule has 5 nitrogen and oxygen atoms in total. The summed E-state index contributed by atoms with van der Waals surface area (Å²) in [6, 6.07) is 7.49. The minimum absolute atomic E-state index is 0.104. The maximum Gasteiger partial charge on any atom is 0.155 e. The van der Waals surface area contributed by atoms with E-state index in [4.69, 9.17) is 16.6 Å². The van der Waals surface area contributed by atoms with Crippen molar-refractivity contribution >= 4 is 43.6 Å². The van der Waals surface area contributed by atoms with E-state index in [0.717, 1.165) is 23.3 Å². The van der Waals surface area contributed by atoms with Gasteiger partial charge < -0.3 is 5.73 Å². The summed E-state index contributed by atoms with van der Waals surface area (Å²) in [6.45, 7) is 1.65. The van der Waals surface area contributed by atoms with Gasteiger partial charge in [-0.1, -0.05) is 36.0 Å². The monoisotopic (exact) mass is 359 g/mol. The van der Waals surface area contributed by atoms with Gasteiger partial charge >= 0.3 is 0 Å². The summed E-state index contributed by atoms with van der Waals surface area (Å²) in [5.41, 5.74) is 7.12. The molecular formula is C14H21N3O2S3. The fraction of sp³-hybridized carbons (Fsp3) is 0.429. The predicted octanol–water partition coefficient (Wildman–Crippen LogP) is 2.67. The van der Waals surface area contributed by atoms with Gasteiger partial charge in [0, 0.05) is 17.8 Å². The highest BCUT2D eigenvalue weighted by Crippen LogP contribution is 2.27. The molecule has 1 rings (SSSR count). The Morgan fingerprint density at radius 2 is 1.82 bits per heavy atom. The number of nitrogens with two attached hydrogens (primary N) is 1. The third-order valence-corrected chi connectivity index (χ3v) is 6.30. The molecular weight excluding hydrogens is 338 g/mol. The van der Waals surface area contributed by atoms with Crippen LogP contribution in [0.15, 0.2) is 24.3 Å². The van der Waals surface area contributed by atoms with E-state index in [9.17, 15) is 8.42 Å². The van der Waals surface area contributed by atoms with Gasteiger partial charge in [0.25, 0.3) is 0 Å². The molecule has 0 aromatic heterocycles. The van der Waals surface area contributed by atoms with Gasteiger partial charge in [-0.15, -0.1) is 11.8 Å². The topological polar surface area (TPSA) is 108 Å². The minimum atomic E-state index is -3.22. The Kier molecular flexibility index (Phi) is 7.44. The molecule has 0 radical (unpaired) electrons. The first kappa shape index (κ1) is 19.1. The van der Waals surface area contributed by atoms with E-state index in [-0.39, 0.29) is 5.17 Å². The summed E-state index contributed by atoms with van der Waals surface area (Å²) >= 11 is 2.54. The van der Waals surface area contributed by atoms with Crippen LogP contribution in [-0.2, 0) is 16.3 Å². The first-order chi connectivity index (χ1) is 10.2. The molecule has 8 heteroatoms. The molecule has 0 amide bonds. The second-order valence-corrected chi connectivity index (χ2v) is 9.49. The predicted molar refractivity (Wildman–Crippen MR) is 98.0 cm³/mol. The second-order valence-electron chi connectivity index (χ2n) is 4.89. The zero-order valence-electron chi connectivity index (χ0n) is 12.6. The van der Waals surface area contributed by atoms with Gasteiger partial charge in [-0.2, -0.15) is 0 Å². The Balaban J connectivity index is 2.79. The van der Waals surface area contributed by atoms with Crippen molar-refractivity contribution in [2.24, 2.45) is 5.73 Å². The number of amidine groups is 1. The Bertz CT molecular complexity index is 627. The lowest BCUT2D eigenvalue weighted by atomic mass is 10.1. The number of benzene rings is 1. The smallest absolute Gasteiger partial charge is 0.155 e. The van der Waals surface area contributed by atoms with E-state index in [1.165, 1.54) is 29.8 Å². The van der Waals surface area contributed by atoms with Crippen molar-refractivity contribution in [3.63, 3.8) is 0 Å². The Morgan fingerprint density at radius 1 is 1.23 bits per heavy atom. The number of hydrogen-bond donors (Lipinski definition) is 3. The highest BCUT2D eigenvalue weighted by molar-refractivity contribution is 8.14. The van der Waals surface area contributed by atoms with Crippen molar-refractivity contribution < 1.29 is 8.42 Å². The van der Waals surface area contributed by atoms with Crippen LogP contribution in [0.3, 0.4) is 0 Å². The summed E-state index contributed by atoms with van der Waals surface area (Å²) < 4.78 is 23.9. The number of nitrogens with one attached hydrogen (secondary N) is 2. The molecule has 0 aliphatic carbocycles. The molecule has 1 aromatic rings. The maximum atomic E-state index is 12.0. The van der Waals surface area contributed by atoms with Crippen LogP contribution in [0.25, 0.3) is 0 Å². The van der Waals surface area contributed by atoms with Crippen molar-refractivity contribution in [3.8, 4) is 0 Å². The molecule has 0 bridgehead atoms. The van der Waals surface area contributed by atoms with E-state index < -0.39 is 15.1 Å². The SMILES string of the molecule is CC(=N)SC[C@@H](c1ccc(CCSC(=N)N)cc1)S(C)(=O)=O. The number of sulfone groups is 1. The van der Waals surface area contributed by atoms with E-state index in [1.54, 1.807) is 6.92 Å². The molecule has 4 N–H and O–H groups in total. The first-order valence-corrected chi connectivity index (χ1v) is 10.5. The number of rotatable bonds is 7. The number of thioether (sulfide) groups is 2. The number of hydrogen-bond acceptors (Lipinski definition) is 6. The fourth-order valence-corrected chi connectivity index (χ4v) is 4.84. The molecule has 0 saturated heterocycles. The molecule has 0 saturated carbocycles. The summed E-state index contributed by atoms with van der Waals surface area (Å²) in [6.07, 6.45) is 2.01. The van der Waals surface area contributed by atoms with Crippen molar-refractivity contribution in [2.75, 3.05) is 17.8 Å². The van der Waals surface area contributed by atoms with Gasteiger partial charge in [-0.05, 0) is 24.5 Å². The van der Waals surface area contributed by atoms with Crippen LogP contribution in [0, 0.1) is 10.8 Å². The summed E-state index contributed by atoms with van der Waals surface area (Å²) in [7, 11) is -3.22. The third kappa shape index (κ3) is 6.85. The molecule has 0 spiro atoms. The fourth-order valence-electron chi connectivity index (χ4n) is 1.85. The zero-order chi connectivity index (χ0) is 16.8. The third-order valence-electron chi connectivity index (χ3n) is 2.97. The largest absolute Gasteiger partial charge is 0.379 e. The average molecular weight is 360 g/mol. The van der Waals surface area contributed by atoms with Crippen molar-refractivity contribution in [2.45, 2.75) is 18.6 Å². The molecule has 122 valence electrons. The van der Waals surface area contributed by atoms with Gasteiger partial charge in [0.1, 0.15) is 0 Å². The van der Waals surface area contributed by atoms with E-state index >= 15 is 0 Å². The van der Waals surface area contributed by atoms with Crippen LogP contribution in [0.1, 0.15) is 23.3 Å². The summed E-state index contributed by atoms with van der Waals surface area (Å²) in [4.78, 5) is 0. The van der Waals surface area contributed by atoms with E-state index in [2.05, 4.69) is 0 Å². The molecule has 1 aromatic carbocycles. The molecule has 0 aliphatic heterocycles. The highest BCUT2D eigenvalue weighted by Gasteiger charge is 2.23. The number of aryl methyl sites for hydroxylation is 1. The molecule has 0 fully saturated rings. The lowest BCUT2D eigenvalue weighted by Gasteiger charge is -2.15. The van der Waals surface area contributed by atoms with Crippen molar-refractivity contribution in [3.05, 3.63) is 35.4 Å². The Morgan fingerprint density at radius 3 is 2.27 bits per heavy atom. The molecule has 0 unspecified atom stereocenters. The van der Waals surface area contributed by atoms with Crippen molar-refractivity contribution in [1.82, 2.24) is 0 Å². The van der Waals surface area contributed by atoms with Crippen LogP contribution in [-0.4, -0.2) is 36.4 Å². The Labute approximate surface area is 140 Å². The average Bonchev–Trinajstić information content (AvgIpc) is 2.38. The lowest BCUT2D eigenvalue weighted by molar-refractivity contribution is 0.593. The summed E-state index contributed by atoms with van der Waals surface area (Å²) in [5, 5.41) is 14.5. The van der Waals surface area contributed by atoms with Gasteiger partial charge in [0.2, 0.25) is 0 Å². The summed E-state index contributed by atoms with van der Waals surface area (Å²) in [5.74, 6) is 1.08. The van der Waals surface area contributed by atoms with Crippen LogP contribution < -0.4 is 5.73 Å². The van der Waals surface area contributed by atoms with E-state index in [0.29, 0.717) is 10.8 Å². The molecule has 0 aliphatic rings. The highest BCUT2D eigenvalue weighted by atomic mass is 32.2.